The van der Waals surface area contributed by atoms with Crippen LogP contribution in [0.3, 0.4) is 0 Å². The van der Waals surface area contributed by atoms with Crippen molar-refractivity contribution in [1.82, 2.24) is 0 Å². The van der Waals surface area contributed by atoms with Crippen molar-refractivity contribution in [1.29, 1.82) is 0 Å². The second-order valence-electron chi connectivity index (χ2n) is 5.31. The van der Waals surface area contributed by atoms with E-state index < -0.39 is 11.2 Å². The minimum Gasteiger partial charge on any atom is -0.387 e. The second kappa shape index (κ2) is 3.39. The zero-order chi connectivity index (χ0) is 10.4. The zero-order valence-corrected chi connectivity index (χ0v) is 9.81. The van der Waals surface area contributed by atoms with E-state index in [1.807, 2.05) is 11.8 Å². The van der Waals surface area contributed by atoms with Gasteiger partial charge < -0.3 is 10.2 Å². The van der Waals surface area contributed by atoms with Gasteiger partial charge in [0.2, 0.25) is 0 Å². The summed E-state index contributed by atoms with van der Waals surface area (Å²) in [6.45, 7) is 3.47. The van der Waals surface area contributed by atoms with Gasteiger partial charge in [-0.2, -0.15) is 11.8 Å². The molecule has 0 aromatic rings. The normalized spacial score (nSPS) is 43.7. The quantitative estimate of drug-likeness (QED) is 0.703. The lowest BCUT2D eigenvalue weighted by Crippen LogP contribution is -2.56. The monoisotopic (exact) mass is 216 g/mol. The lowest BCUT2D eigenvalue weighted by molar-refractivity contribution is -0.143. The van der Waals surface area contributed by atoms with Crippen molar-refractivity contribution in [2.45, 2.75) is 67.7 Å². The van der Waals surface area contributed by atoms with Gasteiger partial charge >= 0.3 is 0 Å². The van der Waals surface area contributed by atoms with Crippen LogP contribution in [0.1, 0.15) is 46.0 Å². The minimum absolute atomic E-state index is 0.568. The Morgan fingerprint density at radius 3 is 2.14 bits per heavy atom. The first-order valence-electron chi connectivity index (χ1n) is 5.51. The third kappa shape index (κ3) is 1.82. The number of hydrogen-bond donors (Lipinski definition) is 2. The van der Waals surface area contributed by atoms with Gasteiger partial charge in [-0.1, -0.05) is 6.42 Å². The van der Waals surface area contributed by atoms with Crippen LogP contribution in [0.5, 0.6) is 0 Å². The topological polar surface area (TPSA) is 40.5 Å². The van der Waals surface area contributed by atoms with Crippen molar-refractivity contribution in [2.24, 2.45) is 0 Å². The predicted octanol–water partition coefficient (Wildman–Crippen LogP) is 1.94. The molecule has 1 unspecified atom stereocenters. The summed E-state index contributed by atoms with van der Waals surface area (Å²) in [6.07, 6.45) is 5.23. The van der Waals surface area contributed by atoms with Gasteiger partial charge in [0.25, 0.3) is 0 Å². The third-order valence-electron chi connectivity index (χ3n) is 3.71. The molecule has 0 amide bonds. The molecule has 3 atom stereocenters. The number of fused-ring (bicyclic) bond motifs is 2. The number of aliphatic hydroxyl groups is 2. The molecule has 0 saturated carbocycles. The molecule has 2 nitrogen and oxygen atoms in total. The van der Waals surface area contributed by atoms with E-state index in [0.29, 0.717) is 10.5 Å². The summed E-state index contributed by atoms with van der Waals surface area (Å²) in [5, 5.41) is 21.6. The van der Waals surface area contributed by atoms with Gasteiger partial charge in [0.15, 0.2) is 0 Å². The largest absolute Gasteiger partial charge is 0.387 e. The third-order valence-corrected chi connectivity index (χ3v) is 5.28. The van der Waals surface area contributed by atoms with E-state index in [1.54, 1.807) is 13.8 Å². The molecule has 0 aliphatic carbocycles. The fraction of sp³-hybridized carbons (Fsp3) is 1.00. The van der Waals surface area contributed by atoms with Crippen molar-refractivity contribution in [3.8, 4) is 0 Å². The minimum atomic E-state index is -0.957. The standard InChI is InChI=1S/C11H20O2S/c1-10(2,12)11(13)6-8-4-3-5-9(7-11)14-8/h8-9,12-13H,3-7H2,1-2H3/t8-,9+,11?. The summed E-state index contributed by atoms with van der Waals surface area (Å²) in [6, 6.07) is 0. The molecule has 2 N–H and O–H groups in total. The summed E-state index contributed by atoms with van der Waals surface area (Å²) in [7, 11) is 0. The molecule has 2 rings (SSSR count). The molecule has 2 aliphatic rings. The van der Waals surface area contributed by atoms with Crippen LogP contribution in [0.25, 0.3) is 0 Å². The van der Waals surface area contributed by atoms with Crippen LogP contribution in [0.15, 0.2) is 0 Å². The smallest absolute Gasteiger partial charge is 0.0948 e. The van der Waals surface area contributed by atoms with Crippen LogP contribution >= 0.6 is 11.8 Å². The number of hydrogen-bond acceptors (Lipinski definition) is 3. The molecule has 0 spiro atoms. The highest BCUT2D eigenvalue weighted by molar-refractivity contribution is 8.00. The first-order valence-corrected chi connectivity index (χ1v) is 6.45. The highest BCUT2D eigenvalue weighted by Gasteiger charge is 2.49. The highest BCUT2D eigenvalue weighted by atomic mass is 32.2. The molecular weight excluding hydrogens is 196 g/mol. The Kier molecular flexibility index (Phi) is 2.61. The molecule has 82 valence electrons. The Bertz CT molecular complexity index is 210. The Morgan fingerprint density at radius 1 is 1.21 bits per heavy atom. The average Bonchev–Trinajstić information content (AvgIpc) is 2.00. The molecule has 3 heteroatoms. The van der Waals surface area contributed by atoms with Gasteiger partial charge in [-0.05, 0) is 39.5 Å². The maximum Gasteiger partial charge on any atom is 0.0948 e. The van der Waals surface area contributed by atoms with Crippen LogP contribution < -0.4 is 0 Å². The number of thioether (sulfide) groups is 1. The molecule has 2 aliphatic heterocycles. The summed E-state index contributed by atoms with van der Waals surface area (Å²) < 4.78 is 0. The van der Waals surface area contributed by atoms with E-state index in [2.05, 4.69) is 0 Å². The zero-order valence-electron chi connectivity index (χ0n) is 8.99. The fourth-order valence-electron chi connectivity index (χ4n) is 2.62. The Balaban J connectivity index is 2.15. The Morgan fingerprint density at radius 2 is 1.71 bits per heavy atom. The maximum atomic E-state index is 10.5. The Hall–Kier alpha value is 0.270. The molecule has 14 heavy (non-hydrogen) atoms. The van der Waals surface area contributed by atoms with Crippen LogP contribution in [0, 0.1) is 0 Å². The SMILES string of the molecule is CC(C)(O)C1(O)C[C@H]2CCC[C@@H](C1)S2. The molecule has 2 fully saturated rings. The van der Waals surface area contributed by atoms with E-state index in [9.17, 15) is 10.2 Å². The van der Waals surface area contributed by atoms with Gasteiger partial charge in [-0.15, -0.1) is 0 Å². The molecule has 2 bridgehead atoms. The number of rotatable bonds is 1. The van der Waals surface area contributed by atoms with Crippen molar-refractivity contribution >= 4 is 11.8 Å². The van der Waals surface area contributed by atoms with E-state index >= 15 is 0 Å². The first-order chi connectivity index (χ1) is 6.41. The molecule has 0 aromatic carbocycles. The van der Waals surface area contributed by atoms with Crippen molar-refractivity contribution < 1.29 is 10.2 Å². The van der Waals surface area contributed by atoms with Crippen molar-refractivity contribution in [3.63, 3.8) is 0 Å². The van der Waals surface area contributed by atoms with E-state index in [0.717, 1.165) is 12.8 Å². The summed E-state index contributed by atoms with van der Waals surface area (Å²) in [5.74, 6) is 0. The fourth-order valence-corrected chi connectivity index (χ4v) is 4.51. The van der Waals surface area contributed by atoms with E-state index in [-0.39, 0.29) is 0 Å². The molecule has 2 saturated heterocycles. The van der Waals surface area contributed by atoms with Crippen molar-refractivity contribution in [3.05, 3.63) is 0 Å². The van der Waals surface area contributed by atoms with Crippen LogP contribution in [-0.4, -0.2) is 31.9 Å². The molecule has 2 heterocycles. The predicted molar refractivity (Wildman–Crippen MR) is 59.5 cm³/mol. The van der Waals surface area contributed by atoms with Crippen LogP contribution in [0.2, 0.25) is 0 Å². The van der Waals surface area contributed by atoms with Crippen LogP contribution in [0.4, 0.5) is 0 Å². The summed E-state index contributed by atoms with van der Waals surface area (Å²) in [4.78, 5) is 0. The Labute approximate surface area is 90.1 Å². The van der Waals surface area contributed by atoms with E-state index in [1.165, 1.54) is 19.3 Å². The second-order valence-corrected chi connectivity index (χ2v) is 6.92. The van der Waals surface area contributed by atoms with E-state index in [4.69, 9.17) is 0 Å². The first kappa shape index (κ1) is 10.8. The van der Waals surface area contributed by atoms with Gasteiger partial charge in [-0.25, -0.2) is 0 Å². The lowest BCUT2D eigenvalue weighted by Gasteiger charge is -2.49. The van der Waals surface area contributed by atoms with Gasteiger partial charge in [0.1, 0.15) is 0 Å². The van der Waals surface area contributed by atoms with Gasteiger partial charge in [-0.3, -0.25) is 0 Å². The highest BCUT2D eigenvalue weighted by Crippen LogP contribution is 2.48. The average molecular weight is 216 g/mol. The molecule has 0 aromatic heterocycles. The van der Waals surface area contributed by atoms with Gasteiger partial charge in [0, 0.05) is 10.5 Å². The molecule has 0 radical (unpaired) electrons. The van der Waals surface area contributed by atoms with Crippen molar-refractivity contribution in [2.75, 3.05) is 0 Å². The maximum absolute atomic E-state index is 10.5. The summed E-state index contributed by atoms with van der Waals surface area (Å²) >= 11 is 2.02. The lowest BCUT2D eigenvalue weighted by atomic mass is 9.75. The van der Waals surface area contributed by atoms with Crippen LogP contribution in [-0.2, 0) is 0 Å². The molecular formula is C11H20O2S. The van der Waals surface area contributed by atoms with Gasteiger partial charge in [0.05, 0.1) is 11.2 Å². The summed E-state index contributed by atoms with van der Waals surface area (Å²) in [5.41, 5.74) is -1.81.